The van der Waals surface area contributed by atoms with Crippen LogP contribution in [-0.2, 0) is 9.59 Å². The fraction of sp³-hybridized carbons (Fsp3) is 0.882. The highest BCUT2D eigenvalue weighted by molar-refractivity contribution is 5.85. The quantitative estimate of drug-likeness (QED) is 0.773. The molecule has 0 saturated carbocycles. The lowest BCUT2D eigenvalue weighted by molar-refractivity contribution is -0.137. The molecule has 2 amide bonds. The molecular formula is C17H32ClN3O2. The summed E-state index contributed by atoms with van der Waals surface area (Å²) in [4.78, 5) is 26.6. The molecule has 2 rings (SSSR count). The SMILES string of the molecule is CCC(CC)C(=O)N1CCCC(CNC(=O)C2CCCN2)C1.Cl. The number of halogens is 1. The summed E-state index contributed by atoms with van der Waals surface area (Å²) in [5, 5.41) is 6.30. The Labute approximate surface area is 146 Å². The van der Waals surface area contributed by atoms with Gasteiger partial charge < -0.3 is 15.5 Å². The minimum absolute atomic E-state index is 0. The number of piperidine rings is 1. The van der Waals surface area contributed by atoms with Gasteiger partial charge in [0.15, 0.2) is 0 Å². The molecule has 6 heteroatoms. The number of nitrogens with zero attached hydrogens (tertiary/aromatic N) is 1. The second-order valence-electron chi connectivity index (χ2n) is 6.70. The molecule has 0 aromatic rings. The van der Waals surface area contributed by atoms with Gasteiger partial charge in [0.1, 0.15) is 0 Å². The summed E-state index contributed by atoms with van der Waals surface area (Å²) in [6.45, 7) is 7.49. The minimum atomic E-state index is -0.00844. The van der Waals surface area contributed by atoms with Crippen molar-refractivity contribution in [1.29, 1.82) is 0 Å². The molecular weight excluding hydrogens is 314 g/mol. The van der Waals surface area contributed by atoms with E-state index in [1.54, 1.807) is 0 Å². The van der Waals surface area contributed by atoms with E-state index in [9.17, 15) is 9.59 Å². The lowest BCUT2D eigenvalue weighted by Crippen LogP contribution is -2.47. The molecule has 0 aromatic heterocycles. The van der Waals surface area contributed by atoms with Crippen LogP contribution in [0.2, 0.25) is 0 Å². The number of carbonyl (C=O) groups excluding carboxylic acids is 2. The molecule has 2 fully saturated rings. The summed E-state index contributed by atoms with van der Waals surface area (Å²) in [5.74, 6) is 0.993. The minimum Gasteiger partial charge on any atom is -0.354 e. The van der Waals surface area contributed by atoms with Crippen LogP contribution in [-0.4, -0.2) is 48.9 Å². The Morgan fingerprint density at radius 2 is 1.96 bits per heavy atom. The maximum Gasteiger partial charge on any atom is 0.237 e. The zero-order valence-electron chi connectivity index (χ0n) is 14.5. The fourth-order valence-electron chi connectivity index (χ4n) is 3.60. The topological polar surface area (TPSA) is 61.4 Å². The van der Waals surface area contributed by atoms with Gasteiger partial charge in [-0.05, 0) is 51.0 Å². The molecule has 0 aromatic carbocycles. The van der Waals surface area contributed by atoms with Gasteiger partial charge in [-0.1, -0.05) is 13.8 Å². The van der Waals surface area contributed by atoms with E-state index < -0.39 is 0 Å². The first-order chi connectivity index (χ1) is 10.7. The van der Waals surface area contributed by atoms with Crippen molar-refractivity contribution in [3.8, 4) is 0 Å². The first kappa shape index (κ1) is 20.2. The van der Waals surface area contributed by atoms with Crippen molar-refractivity contribution in [2.24, 2.45) is 11.8 Å². The largest absolute Gasteiger partial charge is 0.354 e. The maximum absolute atomic E-state index is 12.5. The first-order valence-corrected chi connectivity index (χ1v) is 8.95. The predicted molar refractivity (Wildman–Crippen MR) is 94.7 cm³/mol. The van der Waals surface area contributed by atoms with Gasteiger partial charge in [-0.15, -0.1) is 12.4 Å². The summed E-state index contributed by atoms with van der Waals surface area (Å²) in [6, 6.07) is -0.00844. The van der Waals surface area contributed by atoms with Gasteiger partial charge in [-0.25, -0.2) is 0 Å². The summed E-state index contributed by atoms with van der Waals surface area (Å²) < 4.78 is 0. The number of hydrogen-bond acceptors (Lipinski definition) is 3. The molecule has 2 aliphatic heterocycles. The monoisotopic (exact) mass is 345 g/mol. The molecule has 0 aliphatic carbocycles. The van der Waals surface area contributed by atoms with Gasteiger partial charge in [0.05, 0.1) is 6.04 Å². The second kappa shape index (κ2) is 10.1. The Hall–Kier alpha value is -0.810. The second-order valence-corrected chi connectivity index (χ2v) is 6.70. The summed E-state index contributed by atoms with van der Waals surface area (Å²) >= 11 is 0. The number of carbonyl (C=O) groups is 2. The van der Waals surface area contributed by atoms with Crippen LogP contribution >= 0.6 is 12.4 Å². The number of rotatable bonds is 6. The van der Waals surface area contributed by atoms with Crippen molar-refractivity contribution in [1.82, 2.24) is 15.5 Å². The summed E-state index contributed by atoms with van der Waals surface area (Å²) in [5.41, 5.74) is 0. The van der Waals surface area contributed by atoms with Crippen LogP contribution in [0.4, 0.5) is 0 Å². The van der Waals surface area contributed by atoms with E-state index in [0.29, 0.717) is 18.4 Å². The molecule has 134 valence electrons. The van der Waals surface area contributed by atoms with Crippen LogP contribution in [0.3, 0.4) is 0 Å². The van der Waals surface area contributed by atoms with Crippen LogP contribution in [0, 0.1) is 11.8 Å². The Bertz CT molecular complexity index is 382. The van der Waals surface area contributed by atoms with E-state index in [2.05, 4.69) is 24.5 Å². The molecule has 2 atom stereocenters. The molecule has 2 heterocycles. The normalized spacial score (nSPS) is 24.4. The molecule has 0 radical (unpaired) electrons. The Morgan fingerprint density at radius 3 is 2.57 bits per heavy atom. The van der Waals surface area contributed by atoms with Crippen molar-refractivity contribution in [2.75, 3.05) is 26.2 Å². The molecule has 0 spiro atoms. The standard InChI is InChI=1S/C17H31N3O2.ClH/c1-3-14(4-2)17(22)20-10-6-7-13(12-20)11-19-16(21)15-8-5-9-18-15;/h13-15,18H,3-12H2,1-2H3,(H,19,21);1H. The van der Waals surface area contributed by atoms with Crippen molar-refractivity contribution in [3.63, 3.8) is 0 Å². The van der Waals surface area contributed by atoms with Crippen LogP contribution in [0.1, 0.15) is 52.4 Å². The van der Waals surface area contributed by atoms with Crippen LogP contribution in [0.5, 0.6) is 0 Å². The van der Waals surface area contributed by atoms with E-state index in [0.717, 1.165) is 58.2 Å². The lowest BCUT2D eigenvalue weighted by Gasteiger charge is -2.35. The van der Waals surface area contributed by atoms with Crippen molar-refractivity contribution < 1.29 is 9.59 Å². The highest BCUT2D eigenvalue weighted by Crippen LogP contribution is 2.20. The van der Waals surface area contributed by atoms with Gasteiger partial charge >= 0.3 is 0 Å². The Kier molecular flexibility index (Phi) is 8.92. The van der Waals surface area contributed by atoms with E-state index in [1.165, 1.54) is 0 Å². The average molecular weight is 346 g/mol. The molecule has 2 N–H and O–H groups in total. The van der Waals surface area contributed by atoms with Crippen LogP contribution < -0.4 is 10.6 Å². The van der Waals surface area contributed by atoms with Gasteiger partial charge in [0.2, 0.25) is 11.8 Å². The first-order valence-electron chi connectivity index (χ1n) is 8.95. The Morgan fingerprint density at radius 1 is 1.22 bits per heavy atom. The number of amides is 2. The van der Waals surface area contributed by atoms with E-state index in [4.69, 9.17) is 0 Å². The molecule has 23 heavy (non-hydrogen) atoms. The van der Waals surface area contributed by atoms with Gasteiger partial charge in [-0.2, -0.15) is 0 Å². The molecule has 5 nitrogen and oxygen atoms in total. The van der Waals surface area contributed by atoms with Gasteiger partial charge in [0, 0.05) is 25.6 Å². The number of nitrogens with one attached hydrogen (secondary N) is 2. The van der Waals surface area contributed by atoms with Gasteiger partial charge in [-0.3, -0.25) is 9.59 Å². The lowest BCUT2D eigenvalue weighted by atomic mass is 9.95. The summed E-state index contributed by atoms with van der Waals surface area (Å²) in [7, 11) is 0. The van der Waals surface area contributed by atoms with Crippen molar-refractivity contribution in [3.05, 3.63) is 0 Å². The van der Waals surface area contributed by atoms with Crippen molar-refractivity contribution >= 4 is 24.2 Å². The van der Waals surface area contributed by atoms with Crippen LogP contribution in [0.25, 0.3) is 0 Å². The fourth-order valence-corrected chi connectivity index (χ4v) is 3.60. The smallest absolute Gasteiger partial charge is 0.237 e. The van der Waals surface area contributed by atoms with E-state index in [1.807, 2.05) is 4.90 Å². The molecule has 2 unspecified atom stereocenters. The zero-order valence-corrected chi connectivity index (χ0v) is 15.3. The number of likely N-dealkylation sites (tertiary alicyclic amines) is 1. The number of hydrogen-bond donors (Lipinski definition) is 2. The maximum atomic E-state index is 12.5. The molecule has 0 bridgehead atoms. The third-order valence-electron chi connectivity index (χ3n) is 5.11. The van der Waals surface area contributed by atoms with E-state index >= 15 is 0 Å². The highest BCUT2D eigenvalue weighted by atomic mass is 35.5. The third kappa shape index (κ3) is 5.64. The molecule has 2 saturated heterocycles. The molecule has 2 aliphatic rings. The van der Waals surface area contributed by atoms with E-state index in [-0.39, 0.29) is 30.3 Å². The van der Waals surface area contributed by atoms with Crippen molar-refractivity contribution in [2.45, 2.75) is 58.4 Å². The summed E-state index contributed by atoms with van der Waals surface area (Å²) in [6.07, 6.45) is 6.01. The predicted octanol–water partition coefficient (Wildman–Crippen LogP) is 1.95. The highest BCUT2D eigenvalue weighted by Gasteiger charge is 2.28. The zero-order chi connectivity index (χ0) is 15.9. The van der Waals surface area contributed by atoms with Crippen LogP contribution in [0.15, 0.2) is 0 Å². The third-order valence-corrected chi connectivity index (χ3v) is 5.11. The average Bonchev–Trinajstić information content (AvgIpc) is 3.08. The van der Waals surface area contributed by atoms with Gasteiger partial charge in [0.25, 0.3) is 0 Å². The Balaban J connectivity index is 0.00000264.